The summed E-state index contributed by atoms with van der Waals surface area (Å²) in [6.45, 7) is 13.5. The summed E-state index contributed by atoms with van der Waals surface area (Å²) in [6.07, 6.45) is 0. The molecular formula is C42H48O12. The Bertz CT molecular complexity index is 1830. The summed E-state index contributed by atoms with van der Waals surface area (Å²) in [5, 5.41) is 0. The van der Waals surface area contributed by atoms with Gasteiger partial charge in [-0.2, -0.15) is 0 Å². The monoisotopic (exact) mass is 744 g/mol. The summed E-state index contributed by atoms with van der Waals surface area (Å²) < 4.78 is 55.4. The minimum absolute atomic E-state index is 0.218. The zero-order chi connectivity index (χ0) is 38.4. The van der Waals surface area contributed by atoms with E-state index >= 15 is 0 Å². The Morgan fingerprint density at radius 3 is 0.778 bits per heavy atom. The van der Waals surface area contributed by atoms with E-state index in [9.17, 15) is 14.4 Å². The molecule has 7 aliphatic heterocycles. The summed E-state index contributed by atoms with van der Waals surface area (Å²) in [4.78, 5) is 40.2. The largest absolute Gasteiger partial charge is 0.456 e. The van der Waals surface area contributed by atoms with Gasteiger partial charge in [0.25, 0.3) is 0 Å². The minimum atomic E-state index is -1.42. The highest BCUT2D eigenvalue weighted by Gasteiger charge is 2.47. The Morgan fingerprint density at radius 1 is 0.333 bits per heavy atom. The van der Waals surface area contributed by atoms with Gasteiger partial charge in [0.1, 0.15) is 0 Å². The van der Waals surface area contributed by atoms with Crippen LogP contribution in [0.4, 0.5) is 0 Å². The standard InChI is InChI=1S/C42H48O12/c1-37(2)19-49-40(50-20-37)25-46-34(43)28-7-9-29(10-8-28)35(44)47-26-41(51-21-38(3,4)22-52-41)32-15-17-33(18-16-32)42(53-23-39(5,6)24-54-42)27-48-36(45)30-11-13-31(40)14-12-30/h7-18H,19-27H2,1-6H3. The smallest absolute Gasteiger partial charge is 0.338 e. The van der Waals surface area contributed by atoms with Gasteiger partial charge in [-0.05, 0) is 36.4 Å². The van der Waals surface area contributed by atoms with Crippen molar-refractivity contribution in [2.24, 2.45) is 16.2 Å². The lowest BCUT2D eigenvalue weighted by Crippen LogP contribution is -2.49. The van der Waals surface area contributed by atoms with E-state index < -0.39 is 35.3 Å². The highest BCUT2D eigenvalue weighted by molar-refractivity contribution is 5.93. The van der Waals surface area contributed by atoms with E-state index in [1.54, 1.807) is 24.3 Å². The Morgan fingerprint density at radius 2 is 0.537 bits per heavy atom. The van der Waals surface area contributed by atoms with Gasteiger partial charge in [0.2, 0.25) is 17.4 Å². The van der Waals surface area contributed by atoms with Crippen molar-refractivity contribution in [2.75, 3.05) is 59.5 Å². The van der Waals surface area contributed by atoms with Crippen molar-refractivity contribution in [1.29, 1.82) is 0 Å². The molecule has 288 valence electrons. The van der Waals surface area contributed by atoms with Crippen LogP contribution in [0.1, 0.15) is 89.3 Å². The second-order valence-corrected chi connectivity index (χ2v) is 16.9. The van der Waals surface area contributed by atoms with Gasteiger partial charge >= 0.3 is 17.9 Å². The quantitative estimate of drug-likeness (QED) is 0.190. The topological polar surface area (TPSA) is 134 Å². The fourth-order valence-electron chi connectivity index (χ4n) is 6.43. The van der Waals surface area contributed by atoms with E-state index in [1.807, 2.05) is 65.8 Å². The van der Waals surface area contributed by atoms with Crippen molar-refractivity contribution in [3.8, 4) is 0 Å². The van der Waals surface area contributed by atoms with Gasteiger partial charge in [-0.1, -0.05) is 77.9 Å². The fourth-order valence-corrected chi connectivity index (χ4v) is 6.43. The van der Waals surface area contributed by atoms with E-state index in [-0.39, 0.29) is 52.8 Å². The zero-order valence-electron chi connectivity index (χ0n) is 31.7. The molecule has 0 aliphatic carbocycles. The molecule has 10 rings (SSSR count). The van der Waals surface area contributed by atoms with Gasteiger partial charge in [0, 0.05) is 32.9 Å². The molecule has 3 fully saturated rings. The first kappa shape index (κ1) is 38.1. The van der Waals surface area contributed by atoms with Gasteiger partial charge in [-0.15, -0.1) is 0 Å². The Kier molecular flexibility index (Phi) is 9.99. The number of hydrogen-bond acceptors (Lipinski definition) is 12. The van der Waals surface area contributed by atoms with E-state index in [1.165, 1.54) is 24.3 Å². The molecule has 0 N–H and O–H groups in total. The number of rotatable bonds is 0. The average molecular weight is 745 g/mol. The highest BCUT2D eigenvalue weighted by Crippen LogP contribution is 2.41. The zero-order valence-corrected chi connectivity index (χ0v) is 31.7. The van der Waals surface area contributed by atoms with Crippen LogP contribution in [0.25, 0.3) is 0 Å². The van der Waals surface area contributed by atoms with E-state index in [0.29, 0.717) is 56.3 Å². The molecule has 7 aliphatic rings. The summed E-state index contributed by atoms with van der Waals surface area (Å²) in [5.41, 5.74) is 1.70. The maximum absolute atomic E-state index is 13.5. The van der Waals surface area contributed by atoms with Crippen LogP contribution in [0, 0.1) is 16.2 Å². The predicted octanol–water partition coefficient (Wildman–Crippen LogP) is 6.25. The van der Waals surface area contributed by atoms with E-state index in [0.717, 1.165) is 0 Å². The maximum atomic E-state index is 13.5. The molecule has 0 atom stereocenters. The van der Waals surface area contributed by atoms with Gasteiger partial charge in [0.15, 0.2) is 19.8 Å². The van der Waals surface area contributed by atoms with Crippen molar-refractivity contribution in [2.45, 2.75) is 58.9 Å². The average Bonchev–Trinajstić information content (AvgIpc) is 3.17. The third-order valence-corrected chi connectivity index (χ3v) is 10.0. The first-order valence-electron chi connectivity index (χ1n) is 18.2. The predicted molar refractivity (Wildman–Crippen MR) is 192 cm³/mol. The number of fused-ring (bicyclic) bond motifs is 3. The normalized spacial score (nSPS) is 24.4. The Balaban J connectivity index is 1.24. The van der Waals surface area contributed by atoms with E-state index in [4.69, 9.17) is 42.6 Å². The van der Waals surface area contributed by atoms with Crippen molar-refractivity contribution in [3.05, 3.63) is 106 Å². The Labute approximate surface area is 315 Å². The molecule has 7 heterocycles. The van der Waals surface area contributed by atoms with Crippen molar-refractivity contribution < 1.29 is 57.0 Å². The molecule has 12 heteroatoms. The molecule has 0 unspecified atom stereocenters. The third-order valence-electron chi connectivity index (χ3n) is 10.0. The molecule has 54 heavy (non-hydrogen) atoms. The van der Waals surface area contributed by atoms with Crippen LogP contribution in [0.2, 0.25) is 0 Å². The van der Waals surface area contributed by atoms with Crippen molar-refractivity contribution in [3.63, 3.8) is 0 Å². The summed E-state index contributed by atoms with van der Waals surface area (Å²) in [5.74, 6) is -6.08. The molecule has 0 saturated carbocycles. The van der Waals surface area contributed by atoms with Gasteiger partial charge in [-0.25, -0.2) is 14.4 Å². The lowest BCUT2D eigenvalue weighted by Gasteiger charge is -2.44. The molecule has 0 aromatic heterocycles. The van der Waals surface area contributed by atoms with Crippen LogP contribution >= 0.6 is 0 Å². The molecule has 3 saturated heterocycles. The summed E-state index contributed by atoms with van der Waals surface area (Å²) >= 11 is 0. The Hall–Kier alpha value is -4.17. The molecule has 0 amide bonds. The summed E-state index contributed by atoms with van der Waals surface area (Å²) in [6, 6.07) is 19.8. The van der Waals surface area contributed by atoms with Crippen LogP contribution in [0.3, 0.4) is 0 Å². The van der Waals surface area contributed by atoms with Crippen LogP contribution in [0.5, 0.6) is 0 Å². The van der Waals surface area contributed by atoms with E-state index in [2.05, 4.69) is 0 Å². The SMILES string of the molecule is CC1(C)COC2(COC(=O)c3ccc(cc3)C(=O)OCC3(OCC(C)(C)CO3)c3ccc(cc3)C3(COC(=O)c4ccc2cc4)OCC(C)(C)CO3)OC1. The van der Waals surface area contributed by atoms with Crippen molar-refractivity contribution >= 4 is 17.9 Å². The van der Waals surface area contributed by atoms with Crippen LogP contribution in [-0.4, -0.2) is 77.4 Å². The van der Waals surface area contributed by atoms with Crippen molar-refractivity contribution in [1.82, 2.24) is 0 Å². The van der Waals surface area contributed by atoms with Gasteiger partial charge < -0.3 is 42.6 Å². The molecule has 12 nitrogen and oxygen atoms in total. The second kappa shape index (κ2) is 14.2. The first-order valence-corrected chi connectivity index (χ1v) is 18.2. The molecule has 3 spiro atoms. The maximum Gasteiger partial charge on any atom is 0.338 e. The lowest BCUT2D eigenvalue weighted by atomic mass is 9.92. The van der Waals surface area contributed by atoms with Crippen LogP contribution in [-0.2, 0) is 60.0 Å². The molecule has 3 aromatic carbocycles. The second-order valence-electron chi connectivity index (χ2n) is 16.9. The van der Waals surface area contributed by atoms with Gasteiger partial charge in [0.05, 0.1) is 56.3 Å². The number of benzene rings is 3. The number of hydrogen-bond donors (Lipinski definition) is 0. The highest BCUT2D eigenvalue weighted by atomic mass is 16.7. The minimum Gasteiger partial charge on any atom is -0.456 e. The number of carbonyl (C=O) groups excluding carboxylic acids is 3. The third kappa shape index (κ3) is 7.82. The van der Waals surface area contributed by atoms with Gasteiger partial charge in [-0.3, -0.25) is 0 Å². The molecular weight excluding hydrogens is 696 g/mol. The van der Waals surface area contributed by atoms with Crippen LogP contribution in [0.15, 0.2) is 72.8 Å². The fraction of sp³-hybridized carbons (Fsp3) is 0.500. The number of esters is 3. The van der Waals surface area contributed by atoms with Crippen LogP contribution < -0.4 is 0 Å². The molecule has 0 radical (unpaired) electrons. The summed E-state index contributed by atoms with van der Waals surface area (Å²) in [7, 11) is 0. The number of ether oxygens (including phenoxy) is 9. The number of carbonyl (C=O) groups is 3. The molecule has 3 aromatic rings. The molecule has 6 bridgehead atoms. The lowest BCUT2D eigenvalue weighted by molar-refractivity contribution is -0.321. The first-order chi connectivity index (χ1) is 25.5.